The monoisotopic (exact) mass is 325 g/mol. The van der Waals surface area contributed by atoms with E-state index in [1.54, 1.807) is 0 Å². The van der Waals surface area contributed by atoms with Crippen LogP contribution < -0.4 is 4.72 Å². The predicted molar refractivity (Wildman–Crippen MR) is 69.0 cm³/mol. The number of nitrogens with zero attached hydrogens (tertiary/aromatic N) is 2. The molecule has 2 heterocycles. The van der Waals surface area contributed by atoms with Crippen molar-refractivity contribution >= 4 is 31.5 Å². The lowest BCUT2D eigenvalue weighted by Crippen LogP contribution is -2.34. The zero-order chi connectivity index (χ0) is 14.1. The lowest BCUT2D eigenvalue weighted by atomic mass is 10.2. The third-order valence-corrected chi connectivity index (χ3v) is 6.72. The number of aromatic nitrogens is 2. The van der Waals surface area contributed by atoms with E-state index < -0.39 is 25.1 Å². The number of hydrogen-bond acceptors (Lipinski definition) is 6. The molecule has 0 saturated carbocycles. The Labute approximate surface area is 116 Å². The highest BCUT2D eigenvalue weighted by molar-refractivity contribution is 7.92. The van der Waals surface area contributed by atoms with E-state index >= 15 is 0 Å². The van der Waals surface area contributed by atoms with Crippen LogP contribution in [0.25, 0.3) is 0 Å². The third-order valence-electron chi connectivity index (χ3n) is 2.87. The number of hydrogen-bond donors (Lipinski definition) is 1. The Morgan fingerprint density at radius 1 is 1.37 bits per heavy atom. The molecule has 0 radical (unpaired) electrons. The molecule has 1 aromatic rings. The average Bonchev–Trinajstić information content (AvgIpc) is 2.66. The zero-order valence-corrected chi connectivity index (χ0v) is 12.2. The van der Waals surface area contributed by atoms with E-state index in [-0.39, 0.29) is 22.5 Å². The molecule has 1 atom stereocenters. The van der Waals surface area contributed by atoms with Crippen LogP contribution in [-0.2, 0) is 19.9 Å². The molecule has 0 aliphatic carbocycles. The predicted octanol–water partition coefficient (Wildman–Crippen LogP) is -0.0145. The van der Waals surface area contributed by atoms with Gasteiger partial charge in [-0.1, -0.05) is 0 Å². The van der Waals surface area contributed by atoms with Gasteiger partial charge in [0.05, 0.1) is 23.4 Å². The van der Waals surface area contributed by atoms with Crippen molar-refractivity contribution in [2.75, 3.05) is 12.3 Å². The highest BCUT2D eigenvalue weighted by Crippen LogP contribution is 2.19. The molecular formula is C9H12ClN3O4S2. The van der Waals surface area contributed by atoms with Crippen LogP contribution in [-0.4, -0.2) is 44.4 Å². The lowest BCUT2D eigenvalue weighted by molar-refractivity contribution is 0.570. The first-order valence-electron chi connectivity index (χ1n) is 5.50. The molecule has 0 spiro atoms. The van der Waals surface area contributed by atoms with Crippen LogP contribution in [0.3, 0.4) is 0 Å². The molecule has 1 aliphatic rings. The van der Waals surface area contributed by atoms with E-state index in [4.69, 9.17) is 11.6 Å². The molecular weight excluding hydrogens is 314 g/mol. The second kappa shape index (κ2) is 5.31. The molecule has 1 fully saturated rings. The molecule has 0 amide bonds. The summed E-state index contributed by atoms with van der Waals surface area (Å²) in [6.45, 7) is -0.132. The molecule has 7 nitrogen and oxygen atoms in total. The van der Waals surface area contributed by atoms with Crippen molar-refractivity contribution in [3.05, 3.63) is 17.7 Å². The maximum absolute atomic E-state index is 11.9. The molecule has 1 saturated heterocycles. The fraction of sp³-hybridized carbons (Fsp3) is 0.556. The standard InChI is InChI=1S/C9H12ClN3O4S2/c10-9-11-4-8(5-12-9)19(16,17)13-6-7-2-1-3-18(7,14)15/h4-5,7,13H,1-3,6H2. The Morgan fingerprint density at radius 3 is 2.53 bits per heavy atom. The Hall–Kier alpha value is -0.770. The van der Waals surface area contributed by atoms with Gasteiger partial charge < -0.3 is 0 Å². The fourth-order valence-electron chi connectivity index (χ4n) is 1.81. The summed E-state index contributed by atoms with van der Waals surface area (Å²) in [6.07, 6.45) is 3.18. The summed E-state index contributed by atoms with van der Waals surface area (Å²) in [5.41, 5.74) is 0. The van der Waals surface area contributed by atoms with Gasteiger partial charge in [0.15, 0.2) is 9.84 Å². The van der Waals surface area contributed by atoms with Crippen LogP contribution in [0.2, 0.25) is 5.28 Å². The molecule has 1 N–H and O–H groups in total. The van der Waals surface area contributed by atoms with Crippen LogP contribution in [0.4, 0.5) is 0 Å². The third kappa shape index (κ3) is 3.41. The van der Waals surface area contributed by atoms with E-state index in [2.05, 4.69) is 14.7 Å². The number of halogens is 1. The van der Waals surface area contributed by atoms with Gasteiger partial charge >= 0.3 is 0 Å². The lowest BCUT2D eigenvalue weighted by Gasteiger charge is -2.10. The Bertz CT molecular complexity index is 657. The van der Waals surface area contributed by atoms with Gasteiger partial charge in [-0.2, -0.15) is 0 Å². The van der Waals surface area contributed by atoms with Crippen molar-refractivity contribution in [1.82, 2.24) is 14.7 Å². The van der Waals surface area contributed by atoms with Crippen molar-refractivity contribution in [3.8, 4) is 0 Å². The minimum atomic E-state index is -3.81. The number of nitrogens with one attached hydrogen (secondary N) is 1. The molecule has 2 rings (SSSR count). The normalized spacial score (nSPS) is 22.5. The second-order valence-corrected chi connectivity index (χ2v) is 8.68. The van der Waals surface area contributed by atoms with Gasteiger partial charge in [-0.25, -0.2) is 31.5 Å². The van der Waals surface area contributed by atoms with Gasteiger partial charge in [0.2, 0.25) is 15.3 Å². The average molecular weight is 326 g/mol. The molecule has 10 heteroatoms. The van der Waals surface area contributed by atoms with Gasteiger partial charge in [0.1, 0.15) is 4.90 Å². The number of rotatable bonds is 4. The van der Waals surface area contributed by atoms with Crippen molar-refractivity contribution in [3.63, 3.8) is 0 Å². The molecule has 1 aromatic heterocycles. The minimum absolute atomic E-state index is 0.0580. The summed E-state index contributed by atoms with van der Waals surface area (Å²) < 4.78 is 49.2. The molecule has 1 unspecified atom stereocenters. The minimum Gasteiger partial charge on any atom is -0.229 e. The van der Waals surface area contributed by atoms with Crippen LogP contribution >= 0.6 is 11.6 Å². The van der Waals surface area contributed by atoms with Gasteiger partial charge in [0, 0.05) is 6.54 Å². The largest absolute Gasteiger partial charge is 0.243 e. The van der Waals surface area contributed by atoms with E-state index in [9.17, 15) is 16.8 Å². The molecule has 1 aliphatic heterocycles. The Kier molecular flexibility index (Phi) is 4.09. The Balaban J connectivity index is 2.08. The van der Waals surface area contributed by atoms with Crippen molar-refractivity contribution in [2.24, 2.45) is 0 Å². The van der Waals surface area contributed by atoms with Crippen LogP contribution in [0.5, 0.6) is 0 Å². The zero-order valence-electron chi connectivity index (χ0n) is 9.78. The van der Waals surface area contributed by atoms with Crippen LogP contribution in [0.15, 0.2) is 17.3 Å². The highest BCUT2D eigenvalue weighted by Gasteiger charge is 2.32. The van der Waals surface area contributed by atoms with Gasteiger partial charge in [0.25, 0.3) is 0 Å². The quantitative estimate of drug-likeness (QED) is 0.780. The van der Waals surface area contributed by atoms with Gasteiger partial charge in [-0.05, 0) is 24.4 Å². The van der Waals surface area contributed by atoms with Crippen molar-refractivity contribution < 1.29 is 16.8 Å². The summed E-state index contributed by atoms with van der Waals surface area (Å²) >= 11 is 5.46. The molecule has 19 heavy (non-hydrogen) atoms. The SMILES string of the molecule is O=S(=O)(NCC1CCCS1(=O)=O)c1cnc(Cl)nc1. The van der Waals surface area contributed by atoms with Crippen molar-refractivity contribution in [1.29, 1.82) is 0 Å². The first-order chi connectivity index (χ1) is 8.81. The smallest absolute Gasteiger partial charge is 0.229 e. The second-order valence-electron chi connectivity index (χ2n) is 4.17. The molecule has 106 valence electrons. The first kappa shape index (κ1) is 14.6. The molecule has 0 bridgehead atoms. The number of sulfonamides is 1. The van der Waals surface area contributed by atoms with Gasteiger partial charge in [-0.3, -0.25) is 0 Å². The highest BCUT2D eigenvalue weighted by atomic mass is 35.5. The number of sulfone groups is 1. The maximum atomic E-state index is 11.9. The van der Waals surface area contributed by atoms with Crippen LogP contribution in [0, 0.1) is 0 Å². The van der Waals surface area contributed by atoms with E-state index in [0.29, 0.717) is 12.8 Å². The molecule has 0 aromatic carbocycles. The Morgan fingerprint density at radius 2 is 2.00 bits per heavy atom. The van der Waals surface area contributed by atoms with Crippen LogP contribution in [0.1, 0.15) is 12.8 Å². The van der Waals surface area contributed by atoms with E-state index in [0.717, 1.165) is 12.4 Å². The summed E-state index contributed by atoms with van der Waals surface area (Å²) in [4.78, 5) is 7.00. The summed E-state index contributed by atoms with van der Waals surface area (Å²) in [5.74, 6) is 0.115. The summed E-state index contributed by atoms with van der Waals surface area (Å²) in [5, 5.41) is -0.715. The van der Waals surface area contributed by atoms with E-state index in [1.165, 1.54) is 0 Å². The summed E-state index contributed by atoms with van der Waals surface area (Å²) in [7, 11) is -6.99. The van der Waals surface area contributed by atoms with E-state index in [1.807, 2.05) is 0 Å². The maximum Gasteiger partial charge on any atom is 0.243 e. The van der Waals surface area contributed by atoms with Crippen molar-refractivity contribution in [2.45, 2.75) is 23.0 Å². The summed E-state index contributed by atoms with van der Waals surface area (Å²) in [6, 6.07) is 0. The fourth-order valence-corrected chi connectivity index (χ4v) is 4.75. The first-order valence-corrected chi connectivity index (χ1v) is 9.08. The topological polar surface area (TPSA) is 106 Å². The van der Waals surface area contributed by atoms with Gasteiger partial charge in [-0.15, -0.1) is 0 Å².